The normalized spacial score (nSPS) is 24.8. The number of anilines is 1. The molecule has 2 aliphatic rings. The zero-order chi connectivity index (χ0) is 15.0. The number of carbonyl (C=O) groups is 1. The Balaban J connectivity index is 1.69. The lowest BCUT2D eigenvalue weighted by Gasteiger charge is -2.27. The third kappa shape index (κ3) is 2.98. The summed E-state index contributed by atoms with van der Waals surface area (Å²) in [5, 5.41) is 0. The fraction of sp³-hybridized carbons (Fsp3) is 0.562. The van der Waals surface area contributed by atoms with E-state index < -0.39 is 9.84 Å². The van der Waals surface area contributed by atoms with Crippen LogP contribution < -0.4 is 4.90 Å². The second-order valence-corrected chi connectivity index (χ2v) is 8.55. The Morgan fingerprint density at radius 1 is 1.24 bits per heavy atom. The van der Waals surface area contributed by atoms with Crippen LogP contribution in [0.25, 0.3) is 0 Å². The quantitative estimate of drug-likeness (QED) is 0.841. The van der Waals surface area contributed by atoms with E-state index in [2.05, 4.69) is 13.0 Å². The van der Waals surface area contributed by atoms with Gasteiger partial charge in [0, 0.05) is 18.2 Å². The average molecular weight is 307 g/mol. The standard InChI is InChI=1S/C16H21NO3S/c1-12-10-14-4-2-3-5-15(14)17(12)16(18)11-13-6-8-21(19,20)9-7-13/h2-5,12-13H,6-11H2,1H3. The third-order valence-corrected chi connectivity index (χ3v) is 6.33. The molecule has 1 aromatic rings. The molecular weight excluding hydrogens is 286 g/mol. The molecule has 2 aliphatic heterocycles. The number of hydrogen-bond acceptors (Lipinski definition) is 3. The SMILES string of the molecule is CC1Cc2ccccc2N1C(=O)CC1CCS(=O)(=O)CC1. The van der Waals surface area contributed by atoms with E-state index in [1.165, 1.54) is 5.56 Å². The van der Waals surface area contributed by atoms with E-state index in [4.69, 9.17) is 0 Å². The molecule has 2 heterocycles. The Bertz CT molecular complexity index is 639. The molecule has 0 saturated carbocycles. The van der Waals surface area contributed by atoms with Gasteiger partial charge in [0.05, 0.1) is 11.5 Å². The third-order valence-electron chi connectivity index (χ3n) is 4.61. The summed E-state index contributed by atoms with van der Waals surface area (Å²) in [7, 11) is -2.85. The lowest BCUT2D eigenvalue weighted by atomic mass is 9.98. The topological polar surface area (TPSA) is 54.5 Å². The highest BCUT2D eigenvalue weighted by Gasteiger charge is 2.33. The highest BCUT2D eigenvalue weighted by molar-refractivity contribution is 7.91. The molecule has 1 fully saturated rings. The second kappa shape index (κ2) is 5.44. The minimum Gasteiger partial charge on any atom is -0.309 e. The van der Waals surface area contributed by atoms with E-state index in [1.54, 1.807) is 0 Å². The summed E-state index contributed by atoms with van der Waals surface area (Å²) < 4.78 is 22.9. The Kier molecular flexibility index (Phi) is 3.78. The number of nitrogens with zero attached hydrogens (tertiary/aromatic N) is 1. The summed E-state index contributed by atoms with van der Waals surface area (Å²) in [6.45, 7) is 2.07. The highest BCUT2D eigenvalue weighted by atomic mass is 32.2. The fourth-order valence-electron chi connectivity index (χ4n) is 3.43. The first kappa shape index (κ1) is 14.6. The molecular formula is C16H21NO3S. The smallest absolute Gasteiger partial charge is 0.227 e. The van der Waals surface area contributed by atoms with Crippen LogP contribution in [0.5, 0.6) is 0 Å². The predicted molar refractivity (Wildman–Crippen MR) is 83.1 cm³/mol. The lowest BCUT2D eigenvalue weighted by molar-refractivity contribution is -0.119. The van der Waals surface area contributed by atoms with Crippen LogP contribution in [0.3, 0.4) is 0 Å². The number of sulfone groups is 1. The monoisotopic (exact) mass is 307 g/mol. The average Bonchev–Trinajstić information content (AvgIpc) is 2.77. The van der Waals surface area contributed by atoms with Crippen molar-refractivity contribution in [1.29, 1.82) is 0 Å². The number of para-hydroxylation sites is 1. The van der Waals surface area contributed by atoms with Gasteiger partial charge in [-0.2, -0.15) is 0 Å². The van der Waals surface area contributed by atoms with Gasteiger partial charge in [0.25, 0.3) is 0 Å². The Labute approximate surface area is 126 Å². The number of rotatable bonds is 2. The maximum Gasteiger partial charge on any atom is 0.227 e. The Hall–Kier alpha value is -1.36. The van der Waals surface area contributed by atoms with Crippen LogP contribution in [0.2, 0.25) is 0 Å². The van der Waals surface area contributed by atoms with Crippen molar-refractivity contribution in [2.24, 2.45) is 5.92 Å². The first-order valence-electron chi connectivity index (χ1n) is 7.57. The van der Waals surface area contributed by atoms with E-state index in [0.29, 0.717) is 19.3 Å². The number of benzene rings is 1. The van der Waals surface area contributed by atoms with Crippen molar-refractivity contribution >= 4 is 21.4 Å². The first-order chi connectivity index (χ1) is 9.96. The van der Waals surface area contributed by atoms with Gasteiger partial charge in [-0.3, -0.25) is 4.79 Å². The second-order valence-electron chi connectivity index (χ2n) is 6.24. The van der Waals surface area contributed by atoms with Gasteiger partial charge >= 0.3 is 0 Å². The van der Waals surface area contributed by atoms with Crippen molar-refractivity contribution < 1.29 is 13.2 Å². The van der Waals surface area contributed by atoms with Crippen LogP contribution in [0.15, 0.2) is 24.3 Å². The molecule has 0 spiro atoms. The molecule has 0 bridgehead atoms. The van der Waals surface area contributed by atoms with Crippen molar-refractivity contribution in [2.45, 2.75) is 38.6 Å². The van der Waals surface area contributed by atoms with Gasteiger partial charge < -0.3 is 4.90 Å². The van der Waals surface area contributed by atoms with Crippen LogP contribution in [-0.2, 0) is 21.1 Å². The van der Waals surface area contributed by atoms with Gasteiger partial charge in [-0.1, -0.05) is 18.2 Å². The summed E-state index contributed by atoms with van der Waals surface area (Å²) in [5.74, 6) is 0.812. The van der Waals surface area contributed by atoms with Gasteiger partial charge in [0.1, 0.15) is 9.84 Å². The van der Waals surface area contributed by atoms with Gasteiger partial charge in [0.2, 0.25) is 5.91 Å². The summed E-state index contributed by atoms with van der Waals surface area (Å²) in [4.78, 5) is 14.5. The summed E-state index contributed by atoms with van der Waals surface area (Å²) in [6, 6.07) is 8.24. The Morgan fingerprint density at radius 2 is 1.90 bits per heavy atom. The minimum absolute atomic E-state index is 0.136. The molecule has 1 aromatic carbocycles. The molecule has 0 aliphatic carbocycles. The number of hydrogen-bond donors (Lipinski definition) is 0. The molecule has 4 nitrogen and oxygen atoms in total. The van der Waals surface area contributed by atoms with Gasteiger partial charge in [0.15, 0.2) is 0 Å². The van der Waals surface area contributed by atoms with Crippen LogP contribution >= 0.6 is 0 Å². The van der Waals surface area contributed by atoms with E-state index in [9.17, 15) is 13.2 Å². The molecule has 0 radical (unpaired) electrons. The summed E-state index contributed by atoms with van der Waals surface area (Å²) >= 11 is 0. The van der Waals surface area contributed by atoms with E-state index in [0.717, 1.165) is 12.1 Å². The van der Waals surface area contributed by atoms with Gasteiger partial charge in [-0.15, -0.1) is 0 Å². The van der Waals surface area contributed by atoms with Crippen molar-refractivity contribution in [2.75, 3.05) is 16.4 Å². The maximum atomic E-state index is 12.6. The largest absolute Gasteiger partial charge is 0.309 e. The first-order valence-corrected chi connectivity index (χ1v) is 9.39. The molecule has 0 N–H and O–H groups in total. The molecule has 21 heavy (non-hydrogen) atoms. The predicted octanol–water partition coefficient (Wildman–Crippen LogP) is 2.18. The van der Waals surface area contributed by atoms with E-state index in [-0.39, 0.29) is 29.4 Å². The minimum atomic E-state index is -2.85. The molecule has 1 saturated heterocycles. The van der Waals surface area contributed by atoms with Gasteiger partial charge in [-0.25, -0.2) is 8.42 Å². The maximum absolute atomic E-state index is 12.6. The molecule has 1 atom stereocenters. The number of amides is 1. The fourth-order valence-corrected chi connectivity index (χ4v) is 5.02. The summed E-state index contributed by atoms with van der Waals surface area (Å²) in [6.07, 6.45) is 2.62. The Morgan fingerprint density at radius 3 is 2.62 bits per heavy atom. The van der Waals surface area contributed by atoms with Crippen molar-refractivity contribution in [3.8, 4) is 0 Å². The summed E-state index contributed by atoms with van der Waals surface area (Å²) in [5.41, 5.74) is 2.25. The molecule has 114 valence electrons. The lowest BCUT2D eigenvalue weighted by Crippen LogP contribution is -2.37. The van der Waals surface area contributed by atoms with Crippen molar-refractivity contribution in [3.05, 3.63) is 29.8 Å². The molecule has 3 rings (SSSR count). The highest BCUT2D eigenvalue weighted by Crippen LogP contribution is 2.33. The molecule has 1 unspecified atom stereocenters. The van der Waals surface area contributed by atoms with E-state index in [1.807, 2.05) is 23.1 Å². The van der Waals surface area contributed by atoms with Crippen molar-refractivity contribution in [1.82, 2.24) is 0 Å². The van der Waals surface area contributed by atoms with Crippen molar-refractivity contribution in [3.63, 3.8) is 0 Å². The van der Waals surface area contributed by atoms with Gasteiger partial charge in [-0.05, 0) is 43.7 Å². The molecule has 1 amide bonds. The van der Waals surface area contributed by atoms with E-state index >= 15 is 0 Å². The van der Waals surface area contributed by atoms with Crippen LogP contribution in [0.1, 0.15) is 31.7 Å². The molecule has 0 aromatic heterocycles. The van der Waals surface area contributed by atoms with Crippen LogP contribution in [-0.4, -0.2) is 31.9 Å². The number of carbonyl (C=O) groups excluding carboxylic acids is 1. The molecule has 5 heteroatoms. The number of fused-ring (bicyclic) bond motifs is 1. The van der Waals surface area contributed by atoms with Crippen LogP contribution in [0.4, 0.5) is 5.69 Å². The zero-order valence-corrected chi connectivity index (χ0v) is 13.1. The van der Waals surface area contributed by atoms with Crippen LogP contribution in [0, 0.1) is 5.92 Å². The zero-order valence-electron chi connectivity index (χ0n) is 12.3.